The number of carbonyl (C=O) groups excluding carboxylic acids is 1. The van der Waals surface area contributed by atoms with Crippen LogP contribution >= 0.6 is 24.8 Å². The van der Waals surface area contributed by atoms with Crippen molar-refractivity contribution >= 4 is 30.7 Å². The summed E-state index contributed by atoms with van der Waals surface area (Å²) in [7, 11) is 1.93. The van der Waals surface area contributed by atoms with E-state index in [1.165, 1.54) is 0 Å². The minimum absolute atomic E-state index is 0. The number of piperidine rings is 1. The Bertz CT molecular complexity index is 312. The highest BCUT2D eigenvalue weighted by Crippen LogP contribution is 2.18. The zero-order valence-electron chi connectivity index (χ0n) is 15.3. The lowest BCUT2D eigenvalue weighted by Crippen LogP contribution is -2.41. The van der Waals surface area contributed by atoms with Gasteiger partial charge in [-0.2, -0.15) is 0 Å². The van der Waals surface area contributed by atoms with Gasteiger partial charge in [0.25, 0.3) is 0 Å². The van der Waals surface area contributed by atoms with E-state index in [0.29, 0.717) is 12.3 Å². The number of carbonyl (C=O) groups is 1. The molecule has 0 bridgehead atoms. The Hall–Kier alpha value is -0.0700. The Morgan fingerprint density at radius 2 is 1.79 bits per heavy atom. The van der Waals surface area contributed by atoms with Crippen molar-refractivity contribution in [2.24, 2.45) is 11.7 Å². The molecule has 1 heterocycles. The third-order valence-corrected chi connectivity index (χ3v) is 4.53. The normalized spacial score (nSPS) is 16.8. The molecule has 1 saturated heterocycles. The number of β-amino-alcohol motifs (C(OH)–C–C–N with tert-alkyl or cyclic N) is 1. The first kappa shape index (κ1) is 26.2. The number of amides is 1. The molecule has 1 aliphatic heterocycles. The summed E-state index contributed by atoms with van der Waals surface area (Å²) in [5.41, 5.74) is 5.47. The van der Waals surface area contributed by atoms with E-state index in [2.05, 4.69) is 4.90 Å². The Balaban J connectivity index is 0. The number of aliphatic hydroxyl groups excluding tert-OH is 1. The summed E-state index contributed by atoms with van der Waals surface area (Å²) in [6.07, 6.45) is 6.96. The first-order valence-electron chi connectivity index (χ1n) is 8.87. The van der Waals surface area contributed by atoms with Crippen molar-refractivity contribution in [1.29, 1.82) is 0 Å². The van der Waals surface area contributed by atoms with E-state index in [-0.39, 0.29) is 36.8 Å². The van der Waals surface area contributed by atoms with Gasteiger partial charge in [-0.1, -0.05) is 12.8 Å². The van der Waals surface area contributed by atoms with Crippen LogP contribution in [0.3, 0.4) is 0 Å². The van der Waals surface area contributed by atoms with Crippen LogP contribution in [0.1, 0.15) is 51.9 Å². The van der Waals surface area contributed by atoms with Crippen molar-refractivity contribution in [2.45, 2.75) is 58.0 Å². The number of halogens is 2. The maximum Gasteiger partial charge on any atom is 0.222 e. The molecule has 0 aromatic carbocycles. The molecule has 0 aromatic rings. The predicted octanol–water partition coefficient (Wildman–Crippen LogP) is 2.29. The molecule has 1 aliphatic rings. The van der Waals surface area contributed by atoms with Crippen molar-refractivity contribution in [3.05, 3.63) is 0 Å². The zero-order chi connectivity index (χ0) is 16.4. The summed E-state index contributed by atoms with van der Waals surface area (Å²) in [5.74, 6) is 0.885. The van der Waals surface area contributed by atoms with Crippen LogP contribution in [0, 0.1) is 5.92 Å². The first-order valence-corrected chi connectivity index (χ1v) is 8.87. The molecule has 7 heteroatoms. The number of aliphatic hydroxyl groups is 1. The van der Waals surface area contributed by atoms with Gasteiger partial charge in [-0.25, -0.2) is 0 Å². The lowest BCUT2D eigenvalue weighted by molar-refractivity contribution is -0.130. The summed E-state index contributed by atoms with van der Waals surface area (Å²) >= 11 is 0. The van der Waals surface area contributed by atoms with Crippen molar-refractivity contribution in [2.75, 3.05) is 39.8 Å². The van der Waals surface area contributed by atoms with Gasteiger partial charge in [0.15, 0.2) is 0 Å². The molecule has 3 N–H and O–H groups in total. The lowest BCUT2D eigenvalue weighted by atomic mass is 9.96. The van der Waals surface area contributed by atoms with Gasteiger partial charge in [0.2, 0.25) is 5.91 Å². The quantitative estimate of drug-likeness (QED) is 0.566. The molecule has 1 atom stereocenters. The molecule has 1 unspecified atom stereocenters. The SMILES string of the molecule is CC(O)CN1CCC(CN(C)C(=O)CCCCCCN)CC1.Cl.Cl. The fourth-order valence-electron chi connectivity index (χ4n) is 3.18. The van der Waals surface area contributed by atoms with E-state index in [0.717, 1.165) is 71.2 Å². The summed E-state index contributed by atoms with van der Waals surface area (Å²) in [4.78, 5) is 16.4. The molecule has 0 spiro atoms. The average Bonchev–Trinajstić information content (AvgIpc) is 2.48. The zero-order valence-corrected chi connectivity index (χ0v) is 16.9. The number of hydrogen-bond donors (Lipinski definition) is 2. The van der Waals surface area contributed by atoms with Crippen LogP contribution in [0.4, 0.5) is 0 Å². The second kappa shape index (κ2) is 15.2. The molecule has 0 saturated carbocycles. The second-order valence-corrected chi connectivity index (χ2v) is 6.82. The van der Waals surface area contributed by atoms with Crippen LogP contribution in [-0.4, -0.2) is 66.7 Å². The highest BCUT2D eigenvalue weighted by molar-refractivity contribution is 5.85. The van der Waals surface area contributed by atoms with Gasteiger partial charge in [0.05, 0.1) is 6.10 Å². The van der Waals surface area contributed by atoms with Crippen LogP contribution in [0.2, 0.25) is 0 Å². The highest BCUT2D eigenvalue weighted by Gasteiger charge is 2.22. The Labute approximate surface area is 160 Å². The largest absolute Gasteiger partial charge is 0.392 e. The van der Waals surface area contributed by atoms with Gasteiger partial charge in [0, 0.05) is 26.6 Å². The molecule has 1 amide bonds. The van der Waals surface area contributed by atoms with Gasteiger partial charge in [0.1, 0.15) is 0 Å². The van der Waals surface area contributed by atoms with Crippen molar-refractivity contribution in [1.82, 2.24) is 9.80 Å². The minimum Gasteiger partial charge on any atom is -0.392 e. The number of hydrogen-bond acceptors (Lipinski definition) is 4. The monoisotopic (exact) mass is 385 g/mol. The number of unbranched alkanes of at least 4 members (excludes halogenated alkanes) is 3. The van der Waals surface area contributed by atoms with Gasteiger partial charge in [-0.15, -0.1) is 24.8 Å². The molecule has 5 nitrogen and oxygen atoms in total. The maximum atomic E-state index is 12.1. The van der Waals surface area contributed by atoms with Gasteiger partial charge >= 0.3 is 0 Å². The second-order valence-electron chi connectivity index (χ2n) is 6.82. The van der Waals surface area contributed by atoms with Crippen LogP contribution < -0.4 is 5.73 Å². The Kier molecular flexibility index (Phi) is 16.6. The fourth-order valence-corrected chi connectivity index (χ4v) is 3.18. The van der Waals surface area contributed by atoms with Crippen LogP contribution in [0.5, 0.6) is 0 Å². The predicted molar refractivity (Wildman–Crippen MR) is 105 cm³/mol. The summed E-state index contributed by atoms with van der Waals surface area (Å²) < 4.78 is 0. The fraction of sp³-hybridized carbons (Fsp3) is 0.941. The standard InChI is InChI=1S/C17H35N3O2.2ClH/c1-15(21)13-20-11-8-16(9-12-20)14-19(2)17(22)7-5-3-4-6-10-18;;/h15-16,21H,3-14,18H2,1-2H3;2*1H. The number of nitrogens with two attached hydrogens (primary N) is 1. The molecule has 1 fully saturated rings. The smallest absolute Gasteiger partial charge is 0.222 e. The van der Waals surface area contributed by atoms with Crippen molar-refractivity contribution in [3.63, 3.8) is 0 Å². The molecule has 1 rings (SSSR count). The maximum absolute atomic E-state index is 12.1. The van der Waals surface area contributed by atoms with Crippen molar-refractivity contribution < 1.29 is 9.90 Å². The highest BCUT2D eigenvalue weighted by atomic mass is 35.5. The Morgan fingerprint density at radius 3 is 2.33 bits per heavy atom. The molecular weight excluding hydrogens is 349 g/mol. The molecule has 146 valence electrons. The van der Waals surface area contributed by atoms with Crippen molar-refractivity contribution in [3.8, 4) is 0 Å². The molecule has 0 aromatic heterocycles. The summed E-state index contributed by atoms with van der Waals surface area (Å²) in [6.45, 7) is 6.31. The number of nitrogens with zero attached hydrogens (tertiary/aromatic N) is 2. The third-order valence-electron chi connectivity index (χ3n) is 4.53. The summed E-state index contributed by atoms with van der Waals surface area (Å²) in [6, 6.07) is 0. The Morgan fingerprint density at radius 1 is 1.21 bits per heavy atom. The lowest BCUT2D eigenvalue weighted by Gasteiger charge is -2.34. The van der Waals surface area contributed by atoms with E-state index in [1.807, 2.05) is 18.9 Å². The van der Waals surface area contributed by atoms with Crippen LogP contribution in [0.15, 0.2) is 0 Å². The molecular formula is C17H37Cl2N3O2. The van der Waals surface area contributed by atoms with E-state index >= 15 is 0 Å². The molecule has 0 radical (unpaired) electrons. The topological polar surface area (TPSA) is 69.8 Å². The third kappa shape index (κ3) is 11.5. The number of rotatable bonds is 10. The first-order chi connectivity index (χ1) is 10.5. The van der Waals surface area contributed by atoms with E-state index in [4.69, 9.17) is 5.73 Å². The van der Waals surface area contributed by atoms with Gasteiger partial charge in [-0.05, 0) is 58.2 Å². The molecule has 0 aliphatic carbocycles. The number of likely N-dealkylation sites (tertiary alicyclic amines) is 1. The van der Waals surface area contributed by atoms with Crippen LogP contribution in [0.25, 0.3) is 0 Å². The minimum atomic E-state index is -0.250. The van der Waals surface area contributed by atoms with Crippen LogP contribution in [-0.2, 0) is 4.79 Å². The van der Waals surface area contributed by atoms with Gasteiger partial charge in [-0.3, -0.25) is 4.79 Å². The van der Waals surface area contributed by atoms with Gasteiger partial charge < -0.3 is 20.6 Å². The molecule has 24 heavy (non-hydrogen) atoms. The van der Waals surface area contributed by atoms with E-state index in [9.17, 15) is 9.90 Å². The van der Waals surface area contributed by atoms with E-state index in [1.54, 1.807) is 0 Å². The van der Waals surface area contributed by atoms with E-state index < -0.39 is 0 Å². The average molecular weight is 386 g/mol. The summed E-state index contributed by atoms with van der Waals surface area (Å²) in [5, 5.41) is 9.42.